The lowest BCUT2D eigenvalue weighted by Gasteiger charge is -2.12. The van der Waals surface area contributed by atoms with E-state index in [1.165, 1.54) is 16.8 Å². The van der Waals surface area contributed by atoms with Crippen molar-refractivity contribution in [2.45, 2.75) is 26.8 Å². The van der Waals surface area contributed by atoms with Crippen LogP contribution < -0.4 is 10.6 Å². The fourth-order valence-electron chi connectivity index (χ4n) is 2.48. The largest absolute Gasteiger partial charge is 0.356 e. The van der Waals surface area contributed by atoms with E-state index in [4.69, 9.17) is 11.6 Å². The third-order valence-corrected chi connectivity index (χ3v) is 4.15. The van der Waals surface area contributed by atoms with Crippen LogP contribution in [0.15, 0.2) is 29.3 Å². The van der Waals surface area contributed by atoms with Crippen LogP contribution in [0.3, 0.4) is 0 Å². The Bertz CT molecular complexity index is 690. The Kier molecular flexibility index (Phi) is 6.04. The molecule has 0 amide bonds. The zero-order valence-electron chi connectivity index (χ0n) is 14.2. The highest BCUT2D eigenvalue weighted by Gasteiger charge is 2.09. The molecule has 0 aliphatic rings. The van der Waals surface area contributed by atoms with Crippen LogP contribution in [0.25, 0.3) is 0 Å². The fraction of sp³-hybridized carbons (Fsp3) is 0.412. The first kappa shape index (κ1) is 17.3. The Morgan fingerprint density at radius 1 is 1.30 bits per heavy atom. The standard InChI is InChI=1S/C17H24ClN5/c1-12-16(13(2)23(4)22-12)11-21-17(19-3)20-9-8-14-6-5-7-15(18)10-14/h5-7,10H,8-9,11H2,1-4H3,(H2,19,20,21). The van der Waals surface area contributed by atoms with Gasteiger partial charge in [0.15, 0.2) is 5.96 Å². The summed E-state index contributed by atoms with van der Waals surface area (Å²) in [6.45, 7) is 5.61. The molecule has 0 saturated carbocycles. The fourth-order valence-corrected chi connectivity index (χ4v) is 2.70. The van der Waals surface area contributed by atoms with Gasteiger partial charge in [-0.05, 0) is 38.0 Å². The number of nitrogens with one attached hydrogen (secondary N) is 2. The minimum atomic E-state index is 0.711. The van der Waals surface area contributed by atoms with Crippen LogP contribution in [0.2, 0.25) is 5.02 Å². The number of guanidine groups is 1. The maximum Gasteiger partial charge on any atom is 0.191 e. The van der Waals surface area contributed by atoms with Crippen molar-refractivity contribution in [3.8, 4) is 0 Å². The van der Waals surface area contributed by atoms with E-state index < -0.39 is 0 Å². The predicted molar refractivity (Wildman–Crippen MR) is 96.0 cm³/mol. The smallest absolute Gasteiger partial charge is 0.191 e. The summed E-state index contributed by atoms with van der Waals surface area (Å²) in [6.07, 6.45) is 0.895. The molecule has 0 bridgehead atoms. The second kappa shape index (κ2) is 8.02. The average Bonchev–Trinajstić information content (AvgIpc) is 2.76. The van der Waals surface area contributed by atoms with Crippen molar-refractivity contribution in [2.75, 3.05) is 13.6 Å². The molecule has 0 saturated heterocycles. The second-order valence-corrected chi connectivity index (χ2v) is 5.94. The minimum absolute atomic E-state index is 0.711. The van der Waals surface area contributed by atoms with Gasteiger partial charge in [-0.25, -0.2) is 0 Å². The average molecular weight is 334 g/mol. The van der Waals surface area contributed by atoms with E-state index in [1.807, 2.05) is 36.9 Å². The van der Waals surface area contributed by atoms with Gasteiger partial charge in [-0.15, -0.1) is 0 Å². The summed E-state index contributed by atoms with van der Waals surface area (Å²) in [7, 11) is 3.74. The summed E-state index contributed by atoms with van der Waals surface area (Å²) in [4.78, 5) is 4.26. The normalized spacial score (nSPS) is 11.6. The molecule has 0 atom stereocenters. The molecule has 1 aromatic carbocycles. The van der Waals surface area contributed by atoms with E-state index in [2.05, 4.69) is 33.7 Å². The molecule has 0 radical (unpaired) electrons. The Balaban J connectivity index is 1.84. The molecule has 0 aliphatic heterocycles. The molecule has 6 heteroatoms. The van der Waals surface area contributed by atoms with Crippen LogP contribution in [-0.2, 0) is 20.0 Å². The van der Waals surface area contributed by atoms with Crippen LogP contribution in [-0.4, -0.2) is 29.3 Å². The first-order valence-corrected chi connectivity index (χ1v) is 8.07. The molecule has 0 fully saturated rings. The molecule has 2 aromatic rings. The predicted octanol–water partition coefficient (Wildman–Crippen LogP) is 2.60. The van der Waals surface area contributed by atoms with Gasteiger partial charge in [-0.3, -0.25) is 9.67 Å². The third kappa shape index (κ3) is 4.73. The van der Waals surface area contributed by atoms with Crippen LogP contribution in [0, 0.1) is 13.8 Å². The molecule has 1 aromatic heterocycles. The van der Waals surface area contributed by atoms with Gasteiger partial charge in [-0.2, -0.15) is 5.10 Å². The topological polar surface area (TPSA) is 54.2 Å². The number of nitrogens with zero attached hydrogens (tertiary/aromatic N) is 3. The molecular weight excluding hydrogens is 310 g/mol. The summed E-state index contributed by atoms with van der Waals surface area (Å²) >= 11 is 6.00. The van der Waals surface area contributed by atoms with E-state index in [1.54, 1.807) is 7.05 Å². The van der Waals surface area contributed by atoms with Crippen molar-refractivity contribution in [2.24, 2.45) is 12.0 Å². The molecule has 1 heterocycles. The van der Waals surface area contributed by atoms with Gasteiger partial charge in [0.05, 0.1) is 5.69 Å². The summed E-state index contributed by atoms with van der Waals surface area (Å²) in [5, 5.41) is 11.9. The summed E-state index contributed by atoms with van der Waals surface area (Å²) in [5.41, 5.74) is 4.64. The van der Waals surface area contributed by atoms with Gasteiger partial charge in [0.2, 0.25) is 0 Å². The number of aliphatic imine (C=N–C) groups is 1. The Labute approximate surface area is 142 Å². The number of hydrogen-bond acceptors (Lipinski definition) is 2. The minimum Gasteiger partial charge on any atom is -0.356 e. The highest BCUT2D eigenvalue weighted by molar-refractivity contribution is 6.30. The Morgan fingerprint density at radius 3 is 2.70 bits per heavy atom. The van der Waals surface area contributed by atoms with E-state index in [0.717, 1.165) is 29.6 Å². The highest BCUT2D eigenvalue weighted by atomic mass is 35.5. The van der Waals surface area contributed by atoms with Crippen molar-refractivity contribution < 1.29 is 0 Å². The van der Waals surface area contributed by atoms with Crippen LogP contribution >= 0.6 is 11.6 Å². The van der Waals surface area contributed by atoms with Gasteiger partial charge < -0.3 is 10.6 Å². The molecule has 2 rings (SSSR count). The first-order valence-electron chi connectivity index (χ1n) is 7.69. The van der Waals surface area contributed by atoms with E-state index in [0.29, 0.717) is 6.54 Å². The molecular formula is C17H24ClN5. The molecule has 0 aliphatic carbocycles. The van der Waals surface area contributed by atoms with Crippen molar-refractivity contribution in [1.82, 2.24) is 20.4 Å². The maximum absolute atomic E-state index is 6.00. The summed E-state index contributed by atoms with van der Waals surface area (Å²) < 4.78 is 1.90. The molecule has 2 N–H and O–H groups in total. The maximum atomic E-state index is 6.00. The lowest BCUT2D eigenvalue weighted by atomic mass is 10.1. The van der Waals surface area contributed by atoms with Crippen LogP contribution in [0.4, 0.5) is 0 Å². The van der Waals surface area contributed by atoms with Gasteiger partial charge in [0.1, 0.15) is 0 Å². The van der Waals surface area contributed by atoms with Gasteiger partial charge in [-0.1, -0.05) is 23.7 Å². The van der Waals surface area contributed by atoms with Crippen molar-refractivity contribution in [1.29, 1.82) is 0 Å². The van der Waals surface area contributed by atoms with Gasteiger partial charge in [0, 0.05) is 43.5 Å². The monoisotopic (exact) mass is 333 g/mol. The molecule has 0 spiro atoms. The highest BCUT2D eigenvalue weighted by Crippen LogP contribution is 2.11. The van der Waals surface area contributed by atoms with Crippen molar-refractivity contribution in [3.63, 3.8) is 0 Å². The first-order chi connectivity index (χ1) is 11.0. The lowest BCUT2D eigenvalue weighted by molar-refractivity contribution is 0.728. The van der Waals surface area contributed by atoms with Crippen molar-refractivity contribution in [3.05, 3.63) is 51.8 Å². The third-order valence-electron chi connectivity index (χ3n) is 3.91. The molecule has 0 unspecified atom stereocenters. The van der Waals surface area contributed by atoms with Gasteiger partial charge in [0.25, 0.3) is 0 Å². The number of aromatic nitrogens is 2. The van der Waals surface area contributed by atoms with E-state index in [-0.39, 0.29) is 0 Å². The lowest BCUT2D eigenvalue weighted by Crippen LogP contribution is -2.38. The SMILES string of the molecule is CN=C(NCCc1cccc(Cl)c1)NCc1c(C)nn(C)c1C. The second-order valence-electron chi connectivity index (χ2n) is 5.51. The zero-order chi connectivity index (χ0) is 16.8. The Hall–Kier alpha value is -2.01. The molecule has 23 heavy (non-hydrogen) atoms. The van der Waals surface area contributed by atoms with Crippen LogP contribution in [0.5, 0.6) is 0 Å². The quantitative estimate of drug-likeness (QED) is 0.653. The van der Waals surface area contributed by atoms with Gasteiger partial charge >= 0.3 is 0 Å². The zero-order valence-corrected chi connectivity index (χ0v) is 14.9. The number of aryl methyl sites for hydroxylation is 2. The van der Waals surface area contributed by atoms with E-state index in [9.17, 15) is 0 Å². The number of hydrogen-bond donors (Lipinski definition) is 2. The van der Waals surface area contributed by atoms with Crippen LogP contribution in [0.1, 0.15) is 22.5 Å². The molecule has 124 valence electrons. The van der Waals surface area contributed by atoms with E-state index >= 15 is 0 Å². The Morgan fingerprint density at radius 2 is 2.09 bits per heavy atom. The summed E-state index contributed by atoms with van der Waals surface area (Å²) in [6, 6.07) is 7.92. The number of benzene rings is 1. The van der Waals surface area contributed by atoms with Crippen molar-refractivity contribution >= 4 is 17.6 Å². The molecule has 5 nitrogen and oxygen atoms in total. The number of rotatable bonds is 5. The number of halogens is 1. The summed E-state index contributed by atoms with van der Waals surface area (Å²) in [5.74, 6) is 0.787.